The maximum absolute atomic E-state index is 12.2. The zero-order chi connectivity index (χ0) is 17.6. The van der Waals surface area contributed by atoms with E-state index >= 15 is 0 Å². The molecule has 0 saturated carbocycles. The van der Waals surface area contributed by atoms with Gasteiger partial charge in [-0.15, -0.1) is 0 Å². The molecule has 2 N–H and O–H groups in total. The maximum atomic E-state index is 12.2. The zero-order valence-electron chi connectivity index (χ0n) is 13.9. The molecule has 3 aromatic rings. The number of aromatic nitrogens is 2. The Balaban J connectivity index is 1.71. The van der Waals surface area contributed by atoms with Crippen molar-refractivity contribution in [2.45, 2.75) is 13.8 Å². The quantitative estimate of drug-likeness (QED) is 0.533. The molecule has 2 heterocycles. The van der Waals surface area contributed by atoms with Crippen LogP contribution in [0, 0.1) is 0 Å². The van der Waals surface area contributed by atoms with Gasteiger partial charge in [0.15, 0.2) is 0 Å². The minimum absolute atomic E-state index is 0.313. The summed E-state index contributed by atoms with van der Waals surface area (Å²) < 4.78 is 10.7. The van der Waals surface area contributed by atoms with E-state index in [0.29, 0.717) is 29.5 Å². The fourth-order valence-electron chi connectivity index (χ4n) is 2.23. The minimum Gasteiger partial charge on any atom is -0.494 e. The number of aromatic amines is 1. The number of H-pyrrole nitrogens is 1. The predicted octanol–water partition coefficient (Wildman–Crippen LogP) is 3.22. The van der Waals surface area contributed by atoms with E-state index in [0.717, 1.165) is 11.3 Å². The summed E-state index contributed by atoms with van der Waals surface area (Å²) in [6, 6.07) is 12.7. The second-order valence-electron chi connectivity index (χ2n) is 5.24. The van der Waals surface area contributed by atoms with Crippen LogP contribution in [0.4, 0.5) is 0 Å². The van der Waals surface area contributed by atoms with Crippen LogP contribution in [-0.2, 0) is 0 Å². The predicted molar refractivity (Wildman–Crippen MR) is 93.6 cm³/mol. The number of rotatable bonds is 6. The van der Waals surface area contributed by atoms with Crippen molar-refractivity contribution in [2.75, 3.05) is 6.61 Å². The number of carbonyl (C=O) groups is 1. The summed E-state index contributed by atoms with van der Waals surface area (Å²) in [7, 11) is 0. The highest BCUT2D eigenvalue weighted by atomic mass is 16.5. The largest absolute Gasteiger partial charge is 0.494 e. The number of nitrogens with one attached hydrogen (secondary N) is 2. The Hall–Kier alpha value is -3.35. The number of hydrogen-bond donors (Lipinski definition) is 2. The van der Waals surface area contributed by atoms with Crippen LogP contribution in [-0.4, -0.2) is 28.4 Å². The normalized spacial score (nSPS) is 11.4. The molecule has 0 saturated heterocycles. The molecule has 3 rings (SSSR count). The van der Waals surface area contributed by atoms with Gasteiger partial charge in [-0.2, -0.15) is 10.2 Å². The number of amides is 1. The molecule has 7 nitrogen and oxygen atoms in total. The maximum Gasteiger partial charge on any atom is 0.289 e. The number of furan rings is 1. The van der Waals surface area contributed by atoms with Crippen LogP contribution in [0.25, 0.3) is 11.3 Å². The molecule has 0 radical (unpaired) electrons. The van der Waals surface area contributed by atoms with E-state index < -0.39 is 0 Å². The Morgan fingerprint density at radius 1 is 1.32 bits per heavy atom. The van der Waals surface area contributed by atoms with Gasteiger partial charge in [-0.1, -0.05) is 12.1 Å². The molecule has 0 aliphatic heterocycles. The Kier molecular flexibility index (Phi) is 4.94. The summed E-state index contributed by atoms with van der Waals surface area (Å²) in [6.45, 7) is 4.26. The van der Waals surface area contributed by atoms with Crippen molar-refractivity contribution < 1.29 is 13.9 Å². The third-order valence-electron chi connectivity index (χ3n) is 3.47. The first-order valence-electron chi connectivity index (χ1n) is 7.84. The fourth-order valence-corrected chi connectivity index (χ4v) is 2.23. The second-order valence-corrected chi connectivity index (χ2v) is 5.24. The lowest BCUT2D eigenvalue weighted by Crippen LogP contribution is -2.19. The minimum atomic E-state index is -0.384. The Bertz CT molecular complexity index is 881. The van der Waals surface area contributed by atoms with Gasteiger partial charge in [0, 0.05) is 5.56 Å². The van der Waals surface area contributed by atoms with E-state index in [4.69, 9.17) is 9.15 Å². The van der Waals surface area contributed by atoms with E-state index in [1.54, 1.807) is 31.4 Å². The van der Waals surface area contributed by atoms with E-state index in [-0.39, 0.29) is 5.91 Å². The van der Waals surface area contributed by atoms with Crippen LogP contribution < -0.4 is 10.2 Å². The number of ether oxygens (including phenoxy) is 1. The summed E-state index contributed by atoms with van der Waals surface area (Å²) in [5, 5.41) is 10.9. The smallest absolute Gasteiger partial charge is 0.289 e. The monoisotopic (exact) mass is 338 g/mol. The lowest BCUT2D eigenvalue weighted by atomic mass is 10.1. The number of carbonyl (C=O) groups excluding carboxylic acids is 1. The lowest BCUT2D eigenvalue weighted by molar-refractivity contribution is 0.0950. The molecule has 1 aromatic carbocycles. The number of nitrogens with zero attached hydrogens (tertiary/aromatic N) is 2. The molecular weight excluding hydrogens is 320 g/mol. The molecule has 0 fully saturated rings. The van der Waals surface area contributed by atoms with Crippen LogP contribution >= 0.6 is 0 Å². The molecule has 0 atom stereocenters. The van der Waals surface area contributed by atoms with Crippen LogP contribution in [0.5, 0.6) is 5.75 Å². The van der Waals surface area contributed by atoms with Crippen LogP contribution in [0.15, 0.2) is 58.2 Å². The van der Waals surface area contributed by atoms with Crippen molar-refractivity contribution in [3.63, 3.8) is 0 Å². The Labute approximate surface area is 144 Å². The first kappa shape index (κ1) is 16.5. The van der Waals surface area contributed by atoms with Gasteiger partial charge in [0.1, 0.15) is 22.9 Å². The van der Waals surface area contributed by atoms with Gasteiger partial charge in [-0.25, -0.2) is 5.43 Å². The van der Waals surface area contributed by atoms with E-state index in [1.807, 2.05) is 31.2 Å². The molecule has 0 aliphatic rings. The van der Waals surface area contributed by atoms with E-state index in [2.05, 4.69) is 20.7 Å². The van der Waals surface area contributed by atoms with E-state index in [1.165, 1.54) is 0 Å². The van der Waals surface area contributed by atoms with Gasteiger partial charge in [0.25, 0.3) is 5.91 Å². The average Bonchev–Trinajstić information content (AvgIpc) is 3.31. The molecule has 1 amide bonds. The summed E-state index contributed by atoms with van der Waals surface area (Å²) in [5.74, 6) is 0.969. The molecular formula is C18H18N4O3. The average molecular weight is 338 g/mol. The molecule has 128 valence electrons. The van der Waals surface area contributed by atoms with Gasteiger partial charge in [-0.3, -0.25) is 9.89 Å². The van der Waals surface area contributed by atoms with Gasteiger partial charge >= 0.3 is 0 Å². The van der Waals surface area contributed by atoms with Crippen LogP contribution in [0.3, 0.4) is 0 Å². The Morgan fingerprint density at radius 2 is 2.20 bits per heavy atom. The number of hydrazone groups is 1. The van der Waals surface area contributed by atoms with Gasteiger partial charge in [0.2, 0.25) is 0 Å². The molecule has 0 unspecified atom stereocenters. The van der Waals surface area contributed by atoms with Gasteiger partial charge in [0.05, 0.1) is 18.6 Å². The van der Waals surface area contributed by atoms with Crippen molar-refractivity contribution in [1.82, 2.24) is 15.6 Å². The lowest BCUT2D eigenvalue weighted by Gasteiger charge is -2.03. The standard InChI is InChI=1S/C18H18N4O3/c1-3-24-14-7-4-6-13(10-14)15-11-16(21-20-15)18(23)22-19-12(2)17-8-5-9-25-17/h4-11H,3H2,1-2H3,(H,20,21)(H,22,23)/b19-12+. The first-order chi connectivity index (χ1) is 12.2. The first-order valence-corrected chi connectivity index (χ1v) is 7.84. The molecule has 0 bridgehead atoms. The Morgan fingerprint density at radius 3 is 2.96 bits per heavy atom. The molecule has 2 aromatic heterocycles. The van der Waals surface area contributed by atoms with Crippen molar-refractivity contribution >= 4 is 11.6 Å². The van der Waals surface area contributed by atoms with Gasteiger partial charge < -0.3 is 9.15 Å². The fraction of sp³-hybridized carbons (Fsp3) is 0.167. The third-order valence-corrected chi connectivity index (χ3v) is 3.47. The van der Waals surface area contributed by atoms with Crippen molar-refractivity contribution in [3.05, 3.63) is 60.2 Å². The van der Waals surface area contributed by atoms with Crippen LogP contribution in [0.2, 0.25) is 0 Å². The summed E-state index contributed by atoms with van der Waals surface area (Å²) in [5.41, 5.74) is 4.87. The third kappa shape index (κ3) is 3.95. The highest BCUT2D eigenvalue weighted by molar-refractivity contribution is 5.98. The SMILES string of the molecule is CCOc1cccc(-c2cc(C(=O)N/N=C(\C)c3ccco3)[nH]n2)c1. The summed E-state index contributed by atoms with van der Waals surface area (Å²) in [6.07, 6.45) is 1.55. The van der Waals surface area contributed by atoms with Crippen molar-refractivity contribution in [3.8, 4) is 17.0 Å². The highest BCUT2D eigenvalue weighted by Crippen LogP contribution is 2.22. The molecule has 0 aliphatic carbocycles. The number of benzene rings is 1. The zero-order valence-corrected chi connectivity index (χ0v) is 13.9. The molecule has 7 heteroatoms. The molecule has 25 heavy (non-hydrogen) atoms. The second kappa shape index (κ2) is 7.48. The van der Waals surface area contributed by atoms with Crippen LogP contribution in [0.1, 0.15) is 30.1 Å². The van der Waals surface area contributed by atoms with Crippen molar-refractivity contribution in [2.24, 2.45) is 5.10 Å². The van der Waals surface area contributed by atoms with Gasteiger partial charge in [-0.05, 0) is 44.2 Å². The topological polar surface area (TPSA) is 92.5 Å². The highest BCUT2D eigenvalue weighted by Gasteiger charge is 2.11. The van der Waals surface area contributed by atoms with E-state index in [9.17, 15) is 4.79 Å². The molecule has 0 spiro atoms. The van der Waals surface area contributed by atoms with Crippen molar-refractivity contribution in [1.29, 1.82) is 0 Å². The number of hydrogen-bond acceptors (Lipinski definition) is 5. The summed E-state index contributed by atoms with van der Waals surface area (Å²) >= 11 is 0. The summed E-state index contributed by atoms with van der Waals surface area (Å²) in [4.78, 5) is 12.2.